The summed E-state index contributed by atoms with van der Waals surface area (Å²) in [5, 5.41) is -0.00724. The Kier molecular flexibility index (Phi) is 7.59. The predicted molar refractivity (Wildman–Crippen MR) is 97.7 cm³/mol. The number of thioether (sulfide) groups is 1. The van der Waals surface area contributed by atoms with Crippen LogP contribution >= 0.6 is 11.8 Å². The highest BCUT2D eigenvalue weighted by atomic mass is 32.2. The molecule has 0 saturated carbocycles. The molecule has 2 aromatic rings. The van der Waals surface area contributed by atoms with Crippen LogP contribution in [0.15, 0.2) is 30.9 Å². The SMILES string of the molecule is CCC[n+]1ccc(OCC(=O)SCCc2ncnc(N(C)C)n2)cc1. The minimum Gasteiger partial charge on any atom is -0.484 e. The topological polar surface area (TPSA) is 72.1 Å². The van der Waals surface area contributed by atoms with Gasteiger partial charge in [0.2, 0.25) is 11.1 Å². The molecule has 0 fully saturated rings. The van der Waals surface area contributed by atoms with Crippen LogP contribution in [-0.4, -0.2) is 46.5 Å². The fourth-order valence-corrected chi connectivity index (χ4v) is 2.70. The maximum Gasteiger partial charge on any atom is 0.228 e. The van der Waals surface area contributed by atoms with E-state index in [9.17, 15) is 4.79 Å². The van der Waals surface area contributed by atoms with E-state index in [2.05, 4.69) is 26.4 Å². The maximum absolute atomic E-state index is 11.9. The number of anilines is 1. The second-order valence-corrected chi connectivity index (χ2v) is 6.78. The molecule has 0 aliphatic rings. The normalized spacial score (nSPS) is 10.5. The van der Waals surface area contributed by atoms with Crippen LogP contribution in [-0.2, 0) is 17.8 Å². The summed E-state index contributed by atoms with van der Waals surface area (Å²) in [6, 6.07) is 3.75. The molecule has 0 aliphatic carbocycles. The third-order valence-corrected chi connectivity index (χ3v) is 4.14. The smallest absolute Gasteiger partial charge is 0.228 e. The minimum absolute atomic E-state index is 0.00724. The predicted octanol–water partition coefficient (Wildman–Crippen LogP) is 1.52. The largest absolute Gasteiger partial charge is 0.484 e. The summed E-state index contributed by atoms with van der Waals surface area (Å²) in [7, 11) is 3.75. The van der Waals surface area contributed by atoms with E-state index in [0.717, 1.165) is 13.0 Å². The van der Waals surface area contributed by atoms with Crippen molar-refractivity contribution in [2.24, 2.45) is 0 Å². The van der Waals surface area contributed by atoms with Gasteiger partial charge in [0, 0.05) is 44.8 Å². The zero-order valence-corrected chi connectivity index (χ0v) is 15.7. The lowest BCUT2D eigenvalue weighted by molar-refractivity contribution is -0.697. The highest BCUT2D eigenvalue weighted by Crippen LogP contribution is 2.10. The van der Waals surface area contributed by atoms with E-state index in [-0.39, 0.29) is 11.7 Å². The van der Waals surface area contributed by atoms with E-state index in [0.29, 0.717) is 29.7 Å². The van der Waals surface area contributed by atoms with Crippen LogP contribution in [0.5, 0.6) is 5.75 Å². The zero-order valence-electron chi connectivity index (χ0n) is 14.9. The van der Waals surface area contributed by atoms with Gasteiger partial charge in [0.25, 0.3) is 0 Å². The highest BCUT2D eigenvalue weighted by molar-refractivity contribution is 8.13. The molecule has 0 atom stereocenters. The summed E-state index contributed by atoms with van der Waals surface area (Å²) in [6.45, 7) is 3.16. The first-order chi connectivity index (χ1) is 12.1. The zero-order chi connectivity index (χ0) is 18.1. The average Bonchev–Trinajstić information content (AvgIpc) is 2.61. The van der Waals surface area contributed by atoms with Crippen LogP contribution in [0, 0.1) is 0 Å². The highest BCUT2D eigenvalue weighted by Gasteiger charge is 2.08. The Morgan fingerprint density at radius 2 is 2.04 bits per heavy atom. The Labute approximate surface area is 152 Å². The number of aromatic nitrogens is 4. The molecular weight excluding hydrogens is 338 g/mol. The molecular formula is C17H24N5O2S+. The molecule has 0 N–H and O–H groups in total. The maximum atomic E-state index is 11.9. The second kappa shape index (κ2) is 9.93. The van der Waals surface area contributed by atoms with Crippen molar-refractivity contribution in [2.75, 3.05) is 31.4 Å². The Balaban J connectivity index is 1.71. The second-order valence-electron chi connectivity index (χ2n) is 5.63. The summed E-state index contributed by atoms with van der Waals surface area (Å²) in [5.74, 6) is 2.62. The van der Waals surface area contributed by atoms with Crippen LogP contribution in [0.4, 0.5) is 5.95 Å². The fourth-order valence-electron chi connectivity index (χ4n) is 2.04. The molecule has 2 rings (SSSR count). The summed E-state index contributed by atoms with van der Waals surface area (Å²) >= 11 is 1.23. The number of hydrogen-bond acceptors (Lipinski definition) is 7. The molecule has 0 saturated heterocycles. The van der Waals surface area contributed by atoms with Crippen LogP contribution < -0.4 is 14.2 Å². The van der Waals surface area contributed by atoms with Crippen molar-refractivity contribution in [3.8, 4) is 5.75 Å². The molecule has 134 valence electrons. The van der Waals surface area contributed by atoms with Crippen molar-refractivity contribution in [1.82, 2.24) is 15.0 Å². The summed E-state index contributed by atoms with van der Waals surface area (Å²) in [5.41, 5.74) is 0. The van der Waals surface area contributed by atoms with Crippen molar-refractivity contribution < 1.29 is 14.1 Å². The number of pyridine rings is 1. The molecule has 0 aromatic carbocycles. The standard InChI is InChI=1S/C17H24N5O2S/c1-4-8-22-9-5-14(6-10-22)24-12-16(23)25-11-7-15-18-13-19-17(20-15)21(2)3/h5-6,9-10,13H,4,7-8,11-12H2,1-3H3/q+1. The van der Waals surface area contributed by atoms with E-state index < -0.39 is 0 Å². The molecule has 0 radical (unpaired) electrons. The van der Waals surface area contributed by atoms with Crippen molar-refractivity contribution in [3.63, 3.8) is 0 Å². The van der Waals surface area contributed by atoms with Gasteiger partial charge in [-0.25, -0.2) is 14.5 Å². The van der Waals surface area contributed by atoms with Crippen LogP contribution in [0.25, 0.3) is 0 Å². The van der Waals surface area contributed by atoms with Gasteiger partial charge in [-0.05, 0) is 0 Å². The molecule has 0 bridgehead atoms. The van der Waals surface area contributed by atoms with E-state index in [4.69, 9.17) is 4.74 Å². The third kappa shape index (κ3) is 6.66. The van der Waals surface area contributed by atoms with Gasteiger partial charge in [-0.15, -0.1) is 0 Å². The number of ether oxygens (including phenoxy) is 1. The first-order valence-corrected chi connectivity index (χ1v) is 9.20. The first-order valence-electron chi connectivity index (χ1n) is 8.21. The number of hydrogen-bond donors (Lipinski definition) is 0. The van der Waals surface area contributed by atoms with Crippen molar-refractivity contribution in [3.05, 3.63) is 36.7 Å². The minimum atomic E-state index is -0.00724. The Morgan fingerprint density at radius 1 is 1.28 bits per heavy atom. The molecule has 25 heavy (non-hydrogen) atoms. The van der Waals surface area contributed by atoms with E-state index in [1.807, 2.05) is 43.5 Å². The molecule has 2 heterocycles. The van der Waals surface area contributed by atoms with Crippen LogP contribution in [0.2, 0.25) is 0 Å². The number of aryl methyl sites for hydroxylation is 2. The molecule has 0 aliphatic heterocycles. The van der Waals surface area contributed by atoms with Gasteiger partial charge in [0.1, 0.15) is 24.4 Å². The molecule has 2 aromatic heterocycles. The van der Waals surface area contributed by atoms with Gasteiger partial charge >= 0.3 is 0 Å². The quantitative estimate of drug-likeness (QED) is 0.626. The Hall–Kier alpha value is -2.22. The fraction of sp³-hybridized carbons (Fsp3) is 0.471. The number of rotatable bonds is 9. The van der Waals surface area contributed by atoms with Gasteiger partial charge in [-0.1, -0.05) is 18.7 Å². The molecule has 8 heteroatoms. The first kappa shape index (κ1) is 19.1. The summed E-state index contributed by atoms with van der Waals surface area (Å²) in [6.07, 6.45) is 7.10. The van der Waals surface area contributed by atoms with Gasteiger partial charge in [-0.3, -0.25) is 4.79 Å². The molecule has 0 amide bonds. The van der Waals surface area contributed by atoms with Gasteiger partial charge in [0.05, 0.1) is 0 Å². The monoisotopic (exact) mass is 362 g/mol. The Bertz CT molecular complexity index is 679. The van der Waals surface area contributed by atoms with Gasteiger partial charge < -0.3 is 9.64 Å². The average molecular weight is 362 g/mol. The number of nitrogens with zero attached hydrogens (tertiary/aromatic N) is 5. The lowest BCUT2D eigenvalue weighted by Crippen LogP contribution is -2.31. The van der Waals surface area contributed by atoms with E-state index >= 15 is 0 Å². The van der Waals surface area contributed by atoms with E-state index in [1.54, 1.807) is 0 Å². The van der Waals surface area contributed by atoms with E-state index in [1.165, 1.54) is 18.1 Å². The van der Waals surface area contributed by atoms with Crippen LogP contribution in [0.1, 0.15) is 19.2 Å². The third-order valence-electron chi connectivity index (χ3n) is 3.30. The van der Waals surface area contributed by atoms with Gasteiger partial charge in [-0.2, -0.15) is 4.98 Å². The molecule has 0 unspecified atom stereocenters. The Morgan fingerprint density at radius 3 is 2.72 bits per heavy atom. The van der Waals surface area contributed by atoms with Crippen molar-refractivity contribution in [1.29, 1.82) is 0 Å². The van der Waals surface area contributed by atoms with Crippen molar-refractivity contribution in [2.45, 2.75) is 26.3 Å². The summed E-state index contributed by atoms with van der Waals surface area (Å²) in [4.78, 5) is 26.3. The van der Waals surface area contributed by atoms with Gasteiger partial charge in [0.15, 0.2) is 19.0 Å². The summed E-state index contributed by atoms with van der Waals surface area (Å²) < 4.78 is 7.61. The molecule has 0 spiro atoms. The van der Waals surface area contributed by atoms with Crippen LogP contribution in [0.3, 0.4) is 0 Å². The number of carbonyl (C=O) groups excluding carboxylic acids is 1. The lowest BCUT2D eigenvalue weighted by atomic mass is 10.4. The lowest BCUT2D eigenvalue weighted by Gasteiger charge is -2.09. The number of carbonyl (C=O) groups is 1. The molecule has 7 nitrogen and oxygen atoms in total. The van der Waals surface area contributed by atoms with Crippen molar-refractivity contribution >= 4 is 22.8 Å².